The Bertz CT molecular complexity index is 923. The van der Waals surface area contributed by atoms with Crippen molar-refractivity contribution in [1.82, 2.24) is 4.98 Å². The van der Waals surface area contributed by atoms with Crippen molar-refractivity contribution < 1.29 is 0 Å². The van der Waals surface area contributed by atoms with Crippen molar-refractivity contribution in [3.8, 4) is 0 Å². The number of nitrogens with zero attached hydrogens (tertiary/aromatic N) is 2. The van der Waals surface area contributed by atoms with Crippen LogP contribution in [0.5, 0.6) is 0 Å². The molecule has 2 heterocycles. The second-order valence-electron chi connectivity index (χ2n) is 5.59. The van der Waals surface area contributed by atoms with Crippen molar-refractivity contribution in [2.24, 2.45) is 5.73 Å². The van der Waals surface area contributed by atoms with Crippen LogP contribution in [0.3, 0.4) is 0 Å². The molecular formula is C19H17N3S2. The molecule has 2 N–H and O–H groups in total. The first-order valence-electron chi connectivity index (χ1n) is 7.71. The molecule has 0 saturated carbocycles. The van der Waals surface area contributed by atoms with Crippen LogP contribution in [0.25, 0.3) is 10.8 Å². The van der Waals surface area contributed by atoms with Gasteiger partial charge in [0.05, 0.1) is 4.90 Å². The first kappa shape index (κ1) is 15.6. The molecule has 3 nitrogen and oxygen atoms in total. The predicted octanol–water partition coefficient (Wildman–Crippen LogP) is 5.04. The van der Waals surface area contributed by atoms with Gasteiger partial charge in [0, 0.05) is 16.8 Å². The Hall–Kier alpha value is -1.95. The Morgan fingerprint density at radius 1 is 1.08 bits per heavy atom. The third kappa shape index (κ3) is 2.90. The van der Waals surface area contributed by atoms with Crippen LogP contribution in [0.1, 0.15) is 6.92 Å². The Morgan fingerprint density at radius 2 is 1.92 bits per heavy atom. The van der Waals surface area contributed by atoms with E-state index < -0.39 is 0 Å². The lowest BCUT2D eigenvalue weighted by Gasteiger charge is -2.25. The van der Waals surface area contributed by atoms with E-state index in [1.807, 2.05) is 12.3 Å². The maximum atomic E-state index is 6.23. The molecule has 3 aromatic rings. The monoisotopic (exact) mass is 351 g/mol. The maximum absolute atomic E-state index is 6.23. The quantitative estimate of drug-likeness (QED) is 0.716. The zero-order chi connectivity index (χ0) is 16.5. The number of allylic oxidation sites excluding steroid dienone is 1. The fourth-order valence-electron chi connectivity index (χ4n) is 2.77. The molecule has 0 aliphatic carbocycles. The number of hydrogen-bond acceptors (Lipinski definition) is 5. The summed E-state index contributed by atoms with van der Waals surface area (Å²) >= 11 is 3.34. The van der Waals surface area contributed by atoms with Gasteiger partial charge in [-0.25, -0.2) is 4.98 Å². The maximum Gasteiger partial charge on any atom is 0.148 e. The van der Waals surface area contributed by atoms with Gasteiger partial charge in [-0.15, -0.1) is 0 Å². The summed E-state index contributed by atoms with van der Waals surface area (Å²) < 4.78 is 0. The van der Waals surface area contributed by atoms with E-state index in [9.17, 15) is 0 Å². The summed E-state index contributed by atoms with van der Waals surface area (Å²) in [4.78, 5) is 8.99. The number of thioether (sulfide) groups is 1. The first-order valence-corrected chi connectivity index (χ1v) is 9.47. The second kappa shape index (κ2) is 6.51. The highest BCUT2D eigenvalue weighted by Crippen LogP contribution is 2.40. The fourth-order valence-corrected chi connectivity index (χ4v) is 4.58. The molecule has 4 rings (SSSR count). The lowest BCUT2D eigenvalue weighted by Crippen LogP contribution is -2.35. The molecule has 1 aliphatic heterocycles. The average molecular weight is 352 g/mol. The number of fused-ring (bicyclic) bond motifs is 1. The van der Waals surface area contributed by atoms with Crippen molar-refractivity contribution in [3.63, 3.8) is 0 Å². The summed E-state index contributed by atoms with van der Waals surface area (Å²) in [7, 11) is 0. The molecule has 1 atom stereocenters. The van der Waals surface area contributed by atoms with Crippen LogP contribution in [0.2, 0.25) is 0 Å². The number of anilines is 1. The summed E-state index contributed by atoms with van der Waals surface area (Å²) in [5, 5.41) is 4.59. The minimum absolute atomic E-state index is 0.115. The van der Waals surface area contributed by atoms with E-state index >= 15 is 0 Å². The van der Waals surface area contributed by atoms with Gasteiger partial charge in [0.25, 0.3) is 0 Å². The Balaban J connectivity index is 1.70. The van der Waals surface area contributed by atoms with E-state index in [0.717, 1.165) is 16.4 Å². The van der Waals surface area contributed by atoms with Crippen LogP contribution in [-0.4, -0.2) is 10.5 Å². The number of nitrogens with two attached hydrogens (primary N) is 1. The van der Waals surface area contributed by atoms with Crippen LogP contribution in [0, 0.1) is 0 Å². The van der Waals surface area contributed by atoms with Crippen molar-refractivity contribution in [2.75, 3.05) is 4.90 Å². The summed E-state index contributed by atoms with van der Waals surface area (Å²) in [6, 6.07) is 19.0. The van der Waals surface area contributed by atoms with Gasteiger partial charge in [-0.1, -0.05) is 53.9 Å². The van der Waals surface area contributed by atoms with Crippen LogP contribution in [-0.2, 0) is 0 Å². The molecule has 0 spiro atoms. The van der Waals surface area contributed by atoms with Crippen molar-refractivity contribution in [1.29, 1.82) is 0 Å². The zero-order valence-corrected chi connectivity index (χ0v) is 14.8. The third-order valence-electron chi connectivity index (χ3n) is 3.94. The van der Waals surface area contributed by atoms with Gasteiger partial charge in [0.2, 0.25) is 0 Å². The molecule has 120 valence electrons. The smallest absolute Gasteiger partial charge is 0.148 e. The predicted molar refractivity (Wildman–Crippen MR) is 104 cm³/mol. The number of hydrogen-bond donors (Lipinski definition) is 1. The Morgan fingerprint density at radius 3 is 2.71 bits per heavy atom. The van der Waals surface area contributed by atoms with Gasteiger partial charge in [-0.05, 0) is 47.4 Å². The topological polar surface area (TPSA) is 42.1 Å². The van der Waals surface area contributed by atoms with Gasteiger partial charge >= 0.3 is 0 Å². The van der Waals surface area contributed by atoms with Crippen LogP contribution in [0.15, 0.2) is 81.7 Å². The zero-order valence-electron chi connectivity index (χ0n) is 13.2. The van der Waals surface area contributed by atoms with Gasteiger partial charge in [0.1, 0.15) is 11.3 Å². The highest BCUT2D eigenvalue weighted by Gasteiger charge is 2.25. The largest absolute Gasteiger partial charge is 0.303 e. The standard InChI is InChI=1S/C19H17N3S2/c1-13-12-23-19(20)22(13)18-17(7-4-10-21-18)24-16-9-8-14-5-2-3-6-15(14)11-16/h2-12,19H,20H2,1H3. The van der Waals surface area contributed by atoms with Gasteiger partial charge in [-0.3, -0.25) is 0 Å². The third-order valence-corrected chi connectivity index (χ3v) is 5.94. The minimum Gasteiger partial charge on any atom is -0.303 e. The minimum atomic E-state index is -0.115. The molecule has 0 amide bonds. The van der Waals surface area contributed by atoms with E-state index in [0.29, 0.717) is 0 Å². The molecule has 5 heteroatoms. The molecule has 1 aliphatic rings. The van der Waals surface area contributed by atoms with E-state index in [-0.39, 0.29) is 5.50 Å². The fraction of sp³-hybridized carbons (Fsp3) is 0.105. The summed E-state index contributed by atoms with van der Waals surface area (Å²) in [6.07, 6.45) is 1.82. The summed E-state index contributed by atoms with van der Waals surface area (Å²) in [5.41, 5.74) is 7.24. The molecule has 0 bridgehead atoms. The number of benzene rings is 2. The molecule has 0 radical (unpaired) electrons. The summed E-state index contributed by atoms with van der Waals surface area (Å²) in [5.74, 6) is 0.918. The molecule has 24 heavy (non-hydrogen) atoms. The Kier molecular flexibility index (Phi) is 4.22. The second-order valence-corrected chi connectivity index (χ2v) is 7.70. The summed E-state index contributed by atoms with van der Waals surface area (Å²) in [6.45, 7) is 2.07. The van der Waals surface area contributed by atoms with Crippen molar-refractivity contribution in [3.05, 3.63) is 71.9 Å². The molecule has 1 unspecified atom stereocenters. The van der Waals surface area contributed by atoms with Gasteiger partial charge in [0.15, 0.2) is 0 Å². The van der Waals surface area contributed by atoms with E-state index in [4.69, 9.17) is 5.73 Å². The Labute approximate surface area is 150 Å². The normalized spacial score (nSPS) is 17.3. The van der Waals surface area contributed by atoms with E-state index in [2.05, 4.69) is 70.7 Å². The lowest BCUT2D eigenvalue weighted by atomic mass is 10.1. The van der Waals surface area contributed by atoms with E-state index in [1.54, 1.807) is 23.5 Å². The van der Waals surface area contributed by atoms with Crippen molar-refractivity contribution in [2.45, 2.75) is 22.2 Å². The molecular weight excluding hydrogens is 334 g/mol. The highest BCUT2D eigenvalue weighted by molar-refractivity contribution is 8.03. The van der Waals surface area contributed by atoms with Gasteiger partial charge < -0.3 is 10.6 Å². The average Bonchev–Trinajstić information content (AvgIpc) is 2.94. The van der Waals surface area contributed by atoms with E-state index in [1.165, 1.54) is 15.7 Å². The molecule has 1 aromatic heterocycles. The lowest BCUT2D eigenvalue weighted by molar-refractivity contribution is 0.852. The van der Waals surface area contributed by atoms with Gasteiger partial charge in [-0.2, -0.15) is 0 Å². The first-order chi connectivity index (χ1) is 11.7. The highest BCUT2D eigenvalue weighted by atomic mass is 32.2. The van der Waals surface area contributed by atoms with Crippen LogP contribution < -0.4 is 10.6 Å². The number of aromatic nitrogens is 1. The number of pyridine rings is 1. The molecule has 0 saturated heterocycles. The van der Waals surface area contributed by atoms with Crippen molar-refractivity contribution >= 4 is 40.1 Å². The SMILES string of the molecule is CC1=CSC(N)N1c1ncccc1Sc1ccc2ccccc2c1. The van der Waals surface area contributed by atoms with Crippen LogP contribution >= 0.6 is 23.5 Å². The van der Waals surface area contributed by atoms with Crippen LogP contribution in [0.4, 0.5) is 5.82 Å². The molecule has 0 fully saturated rings. The molecule has 2 aromatic carbocycles. The number of rotatable bonds is 3.